The lowest BCUT2D eigenvalue weighted by atomic mass is 10.00. The molecular formula is C24H25ClN4O. The van der Waals surface area contributed by atoms with Gasteiger partial charge in [-0.3, -0.25) is 4.79 Å². The van der Waals surface area contributed by atoms with Crippen molar-refractivity contribution in [3.05, 3.63) is 83.9 Å². The van der Waals surface area contributed by atoms with E-state index in [0.29, 0.717) is 5.56 Å². The summed E-state index contributed by atoms with van der Waals surface area (Å²) in [7, 11) is 0. The van der Waals surface area contributed by atoms with Gasteiger partial charge in [0.2, 0.25) is 5.91 Å². The Kier molecular flexibility index (Phi) is 7.26. The SMILES string of the molecule is Cl.N#Cc1ccc(Cn2cncc2CCCC2CCN(c3ccccc3)C2=O)cc1. The third kappa shape index (κ3) is 4.90. The van der Waals surface area contributed by atoms with E-state index >= 15 is 0 Å². The lowest BCUT2D eigenvalue weighted by molar-refractivity contribution is -0.120. The molecule has 0 bridgehead atoms. The first-order valence-corrected chi connectivity index (χ1v) is 10.1. The molecule has 0 N–H and O–H groups in total. The zero-order chi connectivity index (χ0) is 20.1. The van der Waals surface area contributed by atoms with E-state index in [0.717, 1.165) is 50.0 Å². The van der Waals surface area contributed by atoms with Crippen LogP contribution in [0.5, 0.6) is 0 Å². The third-order valence-electron chi connectivity index (χ3n) is 5.60. The first-order chi connectivity index (χ1) is 14.2. The Hall–Kier alpha value is -3.10. The number of aryl methyl sites for hydroxylation is 1. The molecule has 6 heteroatoms. The van der Waals surface area contributed by atoms with Crippen LogP contribution < -0.4 is 4.90 Å². The highest BCUT2D eigenvalue weighted by Crippen LogP contribution is 2.28. The van der Waals surface area contributed by atoms with Gasteiger partial charge in [0.15, 0.2) is 0 Å². The number of halogens is 1. The quantitative estimate of drug-likeness (QED) is 0.561. The fourth-order valence-electron chi connectivity index (χ4n) is 3.98. The van der Waals surface area contributed by atoms with E-state index in [-0.39, 0.29) is 24.2 Å². The normalized spacial score (nSPS) is 15.6. The van der Waals surface area contributed by atoms with Crippen molar-refractivity contribution >= 4 is 24.0 Å². The zero-order valence-electron chi connectivity index (χ0n) is 16.8. The van der Waals surface area contributed by atoms with Crippen LogP contribution in [0.15, 0.2) is 67.1 Å². The number of nitriles is 1. The van der Waals surface area contributed by atoms with Gasteiger partial charge >= 0.3 is 0 Å². The molecular weight excluding hydrogens is 396 g/mol. The van der Waals surface area contributed by atoms with Crippen LogP contribution >= 0.6 is 12.4 Å². The summed E-state index contributed by atoms with van der Waals surface area (Å²) in [6.07, 6.45) is 7.48. The molecule has 5 nitrogen and oxygen atoms in total. The molecule has 1 unspecified atom stereocenters. The molecule has 1 aliphatic heterocycles. The number of anilines is 1. The summed E-state index contributed by atoms with van der Waals surface area (Å²) in [5, 5.41) is 8.92. The molecule has 0 radical (unpaired) electrons. The maximum absolute atomic E-state index is 12.7. The van der Waals surface area contributed by atoms with E-state index in [4.69, 9.17) is 5.26 Å². The number of carbonyl (C=O) groups excluding carboxylic acids is 1. The molecule has 0 spiro atoms. The minimum atomic E-state index is 0. The average molecular weight is 421 g/mol. The highest BCUT2D eigenvalue weighted by Gasteiger charge is 2.31. The largest absolute Gasteiger partial charge is 0.330 e. The Morgan fingerprint density at radius 1 is 1.10 bits per heavy atom. The van der Waals surface area contributed by atoms with Gasteiger partial charge in [-0.2, -0.15) is 5.26 Å². The number of hydrogen-bond acceptors (Lipinski definition) is 3. The summed E-state index contributed by atoms with van der Waals surface area (Å²) in [5.41, 5.74) is 4.00. The fourth-order valence-corrected chi connectivity index (χ4v) is 3.98. The number of imidazole rings is 1. The first-order valence-electron chi connectivity index (χ1n) is 10.1. The molecule has 1 aromatic heterocycles. The van der Waals surface area contributed by atoms with E-state index in [9.17, 15) is 4.79 Å². The predicted molar refractivity (Wildman–Crippen MR) is 120 cm³/mol. The predicted octanol–water partition coefficient (Wildman–Crippen LogP) is 4.60. The van der Waals surface area contributed by atoms with Crippen molar-refractivity contribution in [1.82, 2.24) is 9.55 Å². The number of rotatable bonds is 7. The Balaban J connectivity index is 0.00000256. The molecule has 4 rings (SSSR count). The first kappa shape index (κ1) is 21.6. The van der Waals surface area contributed by atoms with E-state index in [1.165, 1.54) is 5.69 Å². The molecule has 1 aliphatic rings. The Morgan fingerprint density at radius 2 is 1.87 bits per heavy atom. The van der Waals surface area contributed by atoms with E-state index in [2.05, 4.69) is 15.6 Å². The third-order valence-corrected chi connectivity index (χ3v) is 5.60. The fraction of sp³-hybridized carbons (Fsp3) is 0.292. The lowest BCUT2D eigenvalue weighted by Crippen LogP contribution is -2.26. The number of para-hydroxylation sites is 1. The molecule has 3 aromatic rings. The van der Waals surface area contributed by atoms with Crippen LogP contribution in [0.3, 0.4) is 0 Å². The summed E-state index contributed by atoms with van der Waals surface area (Å²) >= 11 is 0. The van der Waals surface area contributed by atoms with Crippen molar-refractivity contribution in [2.45, 2.75) is 32.2 Å². The molecule has 1 atom stereocenters. The maximum Gasteiger partial charge on any atom is 0.230 e. The van der Waals surface area contributed by atoms with Crippen LogP contribution in [0, 0.1) is 17.2 Å². The molecule has 1 saturated heterocycles. The molecule has 30 heavy (non-hydrogen) atoms. The van der Waals surface area contributed by atoms with Crippen molar-refractivity contribution in [1.29, 1.82) is 5.26 Å². The van der Waals surface area contributed by atoms with Crippen molar-refractivity contribution in [2.75, 3.05) is 11.4 Å². The van der Waals surface area contributed by atoms with Gasteiger partial charge < -0.3 is 9.47 Å². The monoisotopic (exact) mass is 420 g/mol. The van der Waals surface area contributed by atoms with Gasteiger partial charge in [-0.05, 0) is 55.5 Å². The van der Waals surface area contributed by atoms with E-state index < -0.39 is 0 Å². The average Bonchev–Trinajstić information content (AvgIpc) is 3.36. The Labute approximate surface area is 183 Å². The van der Waals surface area contributed by atoms with Crippen molar-refractivity contribution < 1.29 is 4.79 Å². The molecule has 1 amide bonds. The van der Waals surface area contributed by atoms with Crippen LogP contribution in [0.2, 0.25) is 0 Å². The highest BCUT2D eigenvalue weighted by atomic mass is 35.5. The number of hydrogen-bond donors (Lipinski definition) is 0. The Bertz CT molecular complexity index is 1010. The van der Waals surface area contributed by atoms with Gasteiger partial charge in [-0.25, -0.2) is 4.98 Å². The second-order valence-electron chi connectivity index (χ2n) is 7.52. The second-order valence-corrected chi connectivity index (χ2v) is 7.52. The van der Waals surface area contributed by atoms with Crippen LogP contribution in [0.4, 0.5) is 5.69 Å². The van der Waals surface area contributed by atoms with Crippen LogP contribution in [0.1, 0.15) is 36.1 Å². The molecule has 154 valence electrons. The van der Waals surface area contributed by atoms with Gasteiger partial charge in [0.25, 0.3) is 0 Å². The minimum absolute atomic E-state index is 0. The topological polar surface area (TPSA) is 61.9 Å². The van der Waals surface area contributed by atoms with Gasteiger partial charge in [0.05, 0.1) is 18.0 Å². The Morgan fingerprint density at radius 3 is 2.60 bits per heavy atom. The van der Waals surface area contributed by atoms with E-state index in [1.54, 1.807) is 0 Å². The molecule has 0 saturated carbocycles. The van der Waals surface area contributed by atoms with Crippen LogP contribution in [-0.2, 0) is 17.8 Å². The standard InChI is InChI=1S/C24H24N4O.ClH/c25-15-19-9-11-20(12-10-19)17-27-18-26-16-23(27)8-4-5-21-13-14-28(24(21)29)22-6-2-1-3-7-22;/h1-3,6-7,9-12,16,18,21H,4-5,8,13-14,17H2;1H. The second kappa shape index (κ2) is 10.1. The molecule has 0 aliphatic carbocycles. The number of nitrogens with zero attached hydrogens (tertiary/aromatic N) is 4. The summed E-state index contributed by atoms with van der Waals surface area (Å²) in [4.78, 5) is 19.0. The smallest absolute Gasteiger partial charge is 0.230 e. The summed E-state index contributed by atoms with van der Waals surface area (Å²) in [6.45, 7) is 1.55. The number of carbonyl (C=O) groups is 1. The van der Waals surface area contributed by atoms with Gasteiger partial charge in [0.1, 0.15) is 0 Å². The lowest BCUT2D eigenvalue weighted by Gasteiger charge is -2.16. The number of benzene rings is 2. The maximum atomic E-state index is 12.7. The van der Waals surface area contributed by atoms with Crippen LogP contribution in [0.25, 0.3) is 0 Å². The highest BCUT2D eigenvalue weighted by molar-refractivity contribution is 5.97. The van der Waals surface area contributed by atoms with Gasteiger partial charge in [-0.1, -0.05) is 30.3 Å². The summed E-state index contributed by atoms with van der Waals surface area (Å²) in [6, 6.07) is 19.7. The number of amides is 1. The summed E-state index contributed by atoms with van der Waals surface area (Å²) in [5.74, 6) is 0.368. The van der Waals surface area contributed by atoms with E-state index in [1.807, 2.05) is 72.0 Å². The van der Waals surface area contributed by atoms with Crippen molar-refractivity contribution in [3.63, 3.8) is 0 Å². The number of aromatic nitrogens is 2. The molecule has 1 fully saturated rings. The minimum Gasteiger partial charge on any atom is -0.330 e. The van der Waals surface area contributed by atoms with Gasteiger partial charge in [-0.15, -0.1) is 12.4 Å². The molecule has 2 aromatic carbocycles. The summed E-state index contributed by atoms with van der Waals surface area (Å²) < 4.78 is 2.15. The van der Waals surface area contributed by atoms with Crippen molar-refractivity contribution in [3.8, 4) is 6.07 Å². The van der Waals surface area contributed by atoms with Gasteiger partial charge in [0, 0.05) is 36.6 Å². The molecule has 2 heterocycles. The van der Waals surface area contributed by atoms with Crippen LogP contribution in [-0.4, -0.2) is 22.0 Å². The zero-order valence-corrected chi connectivity index (χ0v) is 17.6. The van der Waals surface area contributed by atoms with Crippen molar-refractivity contribution in [2.24, 2.45) is 5.92 Å².